The monoisotopic (exact) mass is 469 g/mol. The van der Waals surface area contributed by atoms with E-state index in [1.165, 1.54) is 24.3 Å². The summed E-state index contributed by atoms with van der Waals surface area (Å²) in [6.07, 6.45) is -4.80. The zero-order valence-corrected chi connectivity index (χ0v) is 17.8. The van der Waals surface area contributed by atoms with Crippen molar-refractivity contribution in [1.82, 2.24) is 5.01 Å². The second kappa shape index (κ2) is 9.07. The maximum absolute atomic E-state index is 12.5. The number of hydrazone groups is 1. The van der Waals surface area contributed by atoms with Gasteiger partial charge in [-0.25, -0.2) is 0 Å². The van der Waals surface area contributed by atoms with Gasteiger partial charge in [0.1, 0.15) is 17.7 Å². The molecule has 0 spiro atoms. The van der Waals surface area contributed by atoms with Crippen LogP contribution in [0.3, 0.4) is 0 Å². The third-order valence-electron chi connectivity index (χ3n) is 4.71. The van der Waals surface area contributed by atoms with Crippen molar-refractivity contribution in [3.05, 3.63) is 59.1 Å². The normalized spacial score (nSPS) is 18.2. The molecule has 1 aliphatic rings. The van der Waals surface area contributed by atoms with Crippen LogP contribution in [0.4, 0.5) is 18.9 Å². The maximum Gasteiger partial charge on any atom is 0.573 e. The average molecular weight is 470 g/mol. The molecule has 0 saturated carbocycles. The molecule has 170 valence electrons. The molecule has 0 aromatic heterocycles. The van der Waals surface area contributed by atoms with Gasteiger partial charge in [-0.15, -0.1) is 13.2 Å². The van der Waals surface area contributed by atoms with Gasteiger partial charge in [0.05, 0.1) is 19.4 Å². The Kier molecular flexibility index (Phi) is 6.63. The van der Waals surface area contributed by atoms with Crippen LogP contribution in [-0.4, -0.2) is 49.2 Å². The van der Waals surface area contributed by atoms with Gasteiger partial charge in [0.2, 0.25) is 5.91 Å². The van der Waals surface area contributed by atoms with Crippen LogP contribution in [0, 0.1) is 5.41 Å². The van der Waals surface area contributed by atoms with E-state index in [2.05, 4.69) is 15.2 Å². The van der Waals surface area contributed by atoms with Crippen molar-refractivity contribution >= 4 is 34.9 Å². The van der Waals surface area contributed by atoms with Crippen LogP contribution in [0.15, 0.2) is 53.6 Å². The maximum atomic E-state index is 12.5. The molecule has 7 nitrogen and oxygen atoms in total. The van der Waals surface area contributed by atoms with Crippen molar-refractivity contribution in [2.24, 2.45) is 10.5 Å². The molecule has 2 aromatic carbocycles. The van der Waals surface area contributed by atoms with Crippen LogP contribution in [-0.2, 0) is 14.3 Å². The average Bonchev–Trinajstić information content (AvgIpc) is 3.05. The van der Waals surface area contributed by atoms with Gasteiger partial charge in [-0.1, -0.05) is 23.7 Å². The second-order valence-corrected chi connectivity index (χ2v) is 7.66. The molecule has 1 atom stereocenters. The quantitative estimate of drug-likeness (QED) is 0.645. The Hall–Kier alpha value is -3.27. The van der Waals surface area contributed by atoms with Gasteiger partial charge in [0, 0.05) is 10.7 Å². The first-order valence-corrected chi connectivity index (χ1v) is 9.72. The molecule has 1 N–H and O–H groups in total. The Labute approximate surface area is 186 Å². The van der Waals surface area contributed by atoms with E-state index in [0.717, 1.165) is 12.1 Å². The highest BCUT2D eigenvalue weighted by Gasteiger charge is 2.47. The van der Waals surface area contributed by atoms with Crippen molar-refractivity contribution in [1.29, 1.82) is 0 Å². The summed E-state index contributed by atoms with van der Waals surface area (Å²) in [5, 5.41) is 8.97. The number of benzene rings is 2. The molecular formula is C21H19ClF3N3O4. The van der Waals surface area contributed by atoms with E-state index in [-0.39, 0.29) is 18.8 Å². The largest absolute Gasteiger partial charge is 0.573 e. The van der Waals surface area contributed by atoms with Crippen molar-refractivity contribution in [3.8, 4) is 5.75 Å². The van der Waals surface area contributed by atoms with Crippen LogP contribution in [0.2, 0.25) is 5.02 Å². The van der Waals surface area contributed by atoms with Crippen molar-refractivity contribution in [2.45, 2.75) is 13.3 Å². The smallest absolute Gasteiger partial charge is 0.468 e. The topological polar surface area (TPSA) is 80.2 Å². The van der Waals surface area contributed by atoms with E-state index in [9.17, 15) is 22.8 Å². The fourth-order valence-corrected chi connectivity index (χ4v) is 3.42. The van der Waals surface area contributed by atoms with E-state index < -0.39 is 29.4 Å². The van der Waals surface area contributed by atoms with Gasteiger partial charge >= 0.3 is 12.3 Å². The zero-order valence-electron chi connectivity index (χ0n) is 17.1. The summed E-state index contributed by atoms with van der Waals surface area (Å²) in [6, 6.07) is 11.5. The number of alkyl halides is 3. The minimum Gasteiger partial charge on any atom is -0.468 e. The Morgan fingerprint density at radius 2 is 1.78 bits per heavy atom. The standard InChI is InChI=1S/C21H19ClF3N3O4/c1-20(19(30)31-2)12-28(27-18(20)13-3-5-14(22)6-4-13)11-17(29)26-15-7-9-16(10-8-15)32-21(23,24)25/h3-10H,11-12H2,1-2H3,(H,26,29). The van der Waals surface area contributed by atoms with E-state index in [1.54, 1.807) is 31.2 Å². The number of carbonyl (C=O) groups is 2. The Morgan fingerprint density at radius 1 is 1.16 bits per heavy atom. The number of methoxy groups -OCH3 is 1. The number of carbonyl (C=O) groups excluding carboxylic acids is 2. The SMILES string of the molecule is COC(=O)C1(C)CN(CC(=O)Nc2ccc(OC(F)(F)F)cc2)N=C1c1ccc(Cl)cc1. The molecule has 1 aliphatic heterocycles. The molecule has 0 radical (unpaired) electrons. The lowest BCUT2D eigenvalue weighted by Crippen LogP contribution is -2.41. The summed E-state index contributed by atoms with van der Waals surface area (Å²) >= 11 is 5.94. The first-order valence-electron chi connectivity index (χ1n) is 9.34. The number of rotatable bonds is 6. The van der Waals surface area contributed by atoms with Crippen molar-refractivity contribution in [2.75, 3.05) is 25.5 Å². The van der Waals surface area contributed by atoms with Crippen molar-refractivity contribution < 1.29 is 32.2 Å². The fourth-order valence-electron chi connectivity index (χ4n) is 3.30. The molecule has 1 unspecified atom stereocenters. The minimum atomic E-state index is -4.80. The molecule has 0 aliphatic carbocycles. The van der Waals surface area contributed by atoms with Crippen molar-refractivity contribution in [3.63, 3.8) is 0 Å². The number of hydrogen-bond acceptors (Lipinski definition) is 6. The van der Waals surface area contributed by atoms with Gasteiger partial charge in [0.25, 0.3) is 0 Å². The van der Waals surface area contributed by atoms with Crippen LogP contribution in [0.1, 0.15) is 12.5 Å². The predicted molar refractivity (Wildman–Crippen MR) is 111 cm³/mol. The van der Waals surface area contributed by atoms with Gasteiger partial charge in [0.15, 0.2) is 0 Å². The van der Waals surface area contributed by atoms with Gasteiger partial charge < -0.3 is 14.8 Å². The number of hydrogen-bond donors (Lipinski definition) is 1. The van der Waals surface area contributed by atoms with E-state index in [4.69, 9.17) is 16.3 Å². The summed E-state index contributed by atoms with van der Waals surface area (Å²) in [4.78, 5) is 24.9. The van der Waals surface area contributed by atoms with Crippen LogP contribution in [0.5, 0.6) is 5.75 Å². The first kappa shape index (κ1) is 23.4. The Balaban J connectivity index is 1.71. The molecule has 32 heavy (non-hydrogen) atoms. The third-order valence-corrected chi connectivity index (χ3v) is 4.97. The molecule has 0 fully saturated rings. The molecule has 0 bridgehead atoms. The summed E-state index contributed by atoms with van der Waals surface area (Å²) in [7, 11) is 1.27. The number of nitrogens with zero attached hydrogens (tertiary/aromatic N) is 2. The summed E-state index contributed by atoms with van der Waals surface area (Å²) < 4.78 is 45.5. The van der Waals surface area contributed by atoms with Crippen LogP contribution < -0.4 is 10.1 Å². The third kappa shape index (κ3) is 5.50. The molecule has 11 heteroatoms. The van der Waals surface area contributed by atoms with Crippen LogP contribution in [0.25, 0.3) is 0 Å². The van der Waals surface area contributed by atoms with Crippen LogP contribution >= 0.6 is 11.6 Å². The highest BCUT2D eigenvalue weighted by Crippen LogP contribution is 2.33. The first-order chi connectivity index (χ1) is 15.0. The molecule has 2 aromatic rings. The predicted octanol–water partition coefficient (Wildman–Crippen LogP) is 4.08. The fraction of sp³-hybridized carbons (Fsp3) is 0.286. The lowest BCUT2D eigenvalue weighted by Gasteiger charge is -2.23. The number of esters is 1. The Morgan fingerprint density at radius 3 is 2.34 bits per heavy atom. The number of amides is 1. The number of halogens is 4. The van der Waals surface area contributed by atoms with Gasteiger partial charge in [-0.3, -0.25) is 14.6 Å². The second-order valence-electron chi connectivity index (χ2n) is 7.22. The van der Waals surface area contributed by atoms with Gasteiger partial charge in [-0.2, -0.15) is 5.10 Å². The highest BCUT2D eigenvalue weighted by molar-refractivity contribution is 6.30. The zero-order chi connectivity index (χ0) is 23.5. The van der Waals surface area contributed by atoms with E-state index in [1.807, 2.05) is 0 Å². The van der Waals surface area contributed by atoms with Gasteiger partial charge in [-0.05, 0) is 48.9 Å². The summed E-state index contributed by atoms with van der Waals surface area (Å²) in [5.74, 6) is -1.38. The number of ether oxygens (including phenoxy) is 2. The summed E-state index contributed by atoms with van der Waals surface area (Å²) in [6.45, 7) is 1.58. The highest BCUT2D eigenvalue weighted by atomic mass is 35.5. The molecular weight excluding hydrogens is 451 g/mol. The molecule has 1 amide bonds. The lowest BCUT2D eigenvalue weighted by atomic mass is 9.82. The number of nitrogens with one attached hydrogen (secondary N) is 1. The van der Waals surface area contributed by atoms with E-state index in [0.29, 0.717) is 16.3 Å². The molecule has 1 heterocycles. The summed E-state index contributed by atoms with van der Waals surface area (Å²) in [5.41, 5.74) is 0.258. The molecule has 0 saturated heterocycles. The minimum absolute atomic E-state index is 0.101. The number of anilines is 1. The molecule has 3 rings (SSSR count). The Bertz CT molecular complexity index is 1030. The van der Waals surface area contributed by atoms with E-state index >= 15 is 0 Å². The lowest BCUT2D eigenvalue weighted by molar-refractivity contribution is -0.274.